The number of rotatable bonds is 4. The Bertz CT molecular complexity index is 914. The first kappa shape index (κ1) is 19.4. The van der Waals surface area contributed by atoms with E-state index in [4.69, 9.17) is 4.74 Å². The van der Waals surface area contributed by atoms with Crippen molar-refractivity contribution in [3.63, 3.8) is 0 Å². The Labute approximate surface area is 176 Å². The van der Waals surface area contributed by atoms with Gasteiger partial charge in [-0.25, -0.2) is 0 Å². The van der Waals surface area contributed by atoms with Crippen molar-refractivity contribution in [3.8, 4) is 5.75 Å². The number of hydrogen-bond acceptors (Lipinski definition) is 3. The second kappa shape index (κ2) is 9.03. The van der Waals surface area contributed by atoms with Gasteiger partial charge in [0.05, 0.1) is 12.1 Å². The van der Waals surface area contributed by atoms with E-state index in [1.54, 1.807) is 7.05 Å². The van der Waals surface area contributed by atoms with E-state index in [0.29, 0.717) is 13.1 Å². The van der Waals surface area contributed by atoms with Crippen LogP contribution in [0, 0.1) is 0 Å². The van der Waals surface area contributed by atoms with Crippen molar-refractivity contribution in [2.45, 2.75) is 19.1 Å². The molecule has 1 aromatic heterocycles. The fourth-order valence-corrected chi connectivity index (χ4v) is 3.29. The Morgan fingerprint density at radius 1 is 1.11 bits per heavy atom. The van der Waals surface area contributed by atoms with Crippen LogP contribution in [0.3, 0.4) is 0 Å². The summed E-state index contributed by atoms with van der Waals surface area (Å²) in [5.41, 5.74) is 3.44. The van der Waals surface area contributed by atoms with Gasteiger partial charge in [0.2, 0.25) is 0 Å². The highest BCUT2D eigenvalue weighted by Crippen LogP contribution is 2.27. The van der Waals surface area contributed by atoms with Crippen molar-refractivity contribution in [3.05, 3.63) is 71.9 Å². The first-order valence-electron chi connectivity index (χ1n) is 8.85. The van der Waals surface area contributed by atoms with Crippen LogP contribution in [-0.4, -0.2) is 30.6 Å². The SMILES string of the molecule is CN=C(NCc1cccc2cccnc12)NCC1Cc2ccccc2O1.I. The van der Waals surface area contributed by atoms with Crippen LogP contribution in [0.15, 0.2) is 65.8 Å². The van der Waals surface area contributed by atoms with Gasteiger partial charge in [-0.1, -0.05) is 42.5 Å². The molecule has 1 aliphatic rings. The number of guanidine groups is 1. The molecule has 0 radical (unpaired) electrons. The Morgan fingerprint density at radius 2 is 1.96 bits per heavy atom. The highest BCUT2D eigenvalue weighted by atomic mass is 127. The second-order valence-corrected chi connectivity index (χ2v) is 6.35. The normalized spacial score (nSPS) is 15.6. The molecule has 0 amide bonds. The highest BCUT2D eigenvalue weighted by molar-refractivity contribution is 14.0. The van der Waals surface area contributed by atoms with Gasteiger partial charge in [0, 0.05) is 31.6 Å². The Kier molecular flexibility index (Phi) is 6.49. The predicted octanol–water partition coefficient (Wildman–Crippen LogP) is 3.52. The summed E-state index contributed by atoms with van der Waals surface area (Å²) in [4.78, 5) is 8.81. The molecule has 0 aliphatic carbocycles. The van der Waals surface area contributed by atoms with Gasteiger partial charge in [-0.05, 0) is 23.3 Å². The number of pyridine rings is 1. The minimum absolute atomic E-state index is 0. The molecule has 0 saturated carbocycles. The van der Waals surface area contributed by atoms with Crippen LogP contribution < -0.4 is 15.4 Å². The molecule has 27 heavy (non-hydrogen) atoms. The average molecular weight is 474 g/mol. The third-order valence-corrected chi connectivity index (χ3v) is 4.60. The molecule has 140 valence electrons. The van der Waals surface area contributed by atoms with Crippen LogP contribution in [-0.2, 0) is 13.0 Å². The van der Waals surface area contributed by atoms with Gasteiger partial charge in [-0.3, -0.25) is 9.98 Å². The van der Waals surface area contributed by atoms with Gasteiger partial charge >= 0.3 is 0 Å². The zero-order valence-corrected chi connectivity index (χ0v) is 17.5. The Balaban J connectivity index is 0.00000210. The fraction of sp³-hybridized carbons (Fsp3) is 0.238. The van der Waals surface area contributed by atoms with Gasteiger partial charge in [0.25, 0.3) is 0 Å². The van der Waals surface area contributed by atoms with E-state index in [0.717, 1.165) is 34.6 Å². The Morgan fingerprint density at radius 3 is 2.81 bits per heavy atom. The predicted molar refractivity (Wildman–Crippen MR) is 120 cm³/mol. The summed E-state index contributed by atoms with van der Waals surface area (Å²) >= 11 is 0. The van der Waals surface area contributed by atoms with E-state index >= 15 is 0 Å². The molecular weight excluding hydrogens is 451 g/mol. The maximum Gasteiger partial charge on any atom is 0.191 e. The van der Waals surface area contributed by atoms with E-state index in [-0.39, 0.29) is 30.1 Å². The summed E-state index contributed by atoms with van der Waals surface area (Å²) in [6.45, 7) is 1.38. The van der Waals surface area contributed by atoms with E-state index in [1.165, 1.54) is 5.56 Å². The number of aliphatic imine (C=N–C) groups is 1. The number of halogens is 1. The van der Waals surface area contributed by atoms with Crippen LogP contribution in [0.2, 0.25) is 0 Å². The van der Waals surface area contributed by atoms with E-state index in [9.17, 15) is 0 Å². The molecule has 1 unspecified atom stereocenters. The molecule has 4 rings (SSSR count). The first-order chi connectivity index (χ1) is 12.8. The van der Waals surface area contributed by atoms with Crippen molar-refractivity contribution in [2.24, 2.45) is 4.99 Å². The molecule has 0 saturated heterocycles. The van der Waals surface area contributed by atoms with Crippen molar-refractivity contribution in [1.82, 2.24) is 15.6 Å². The zero-order valence-electron chi connectivity index (χ0n) is 15.2. The molecular formula is C21H23IN4O. The lowest BCUT2D eigenvalue weighted by atomic mass is 10.1. The highest BCUT2D eigenvalue weighted by Gasteiger charge is 2.22. The van der Waals surface area contributed by atoms with Crippen molar-refractivity contribution in [2.75, 3.05) is 13.6 Å². The number of benzene rings is 2. The molecule has 1 atom stereocenters. The second-order valence-electron chi connectivity index (χ2n) is 6.35. The quantitative estimate of drug-likeness (QED) is 0.345. The fourth-order valence-electron chi connectivity index (χ4n) is 3.29. The van der Waals surface area contributed by atoms with Crippen LogP contribution >= 0.6 is 24.0 Å². The molecule has 0 spiro atoms. The smallest absolute Gasteiger partial charge is 0.191 e. The third-order valence-electron chi connectivity index (χ3n) is 4.60. The summed E-state index contributed by atoms with van der Waals surface area (Å²) in [7, 11) is 1.78. The average Bonchev–Trinajstić information content (AvgIpc) is 3.11. The lowest BCUT2D eigenvalue weighted by Gasteiger charge is -2.16. The topological polar surface area (TPSA) is 58.5 Å². The molecule has 1 aliphatic heterocycles. The molecule has 2 heterocycles. The number of fused-ring (bicyclic) bond motifs is 2. The van der Waals surface area contributed by atoms with E-state index in [1.807, 2.05) is 24.4 Å². The van der Waals surface area contributed by atoms with Crippen molar-refractivity contribution >= 4 is 40.8 Å². The summed E-state index contributed by atoms with van der Waals surface area (Å²) in [6.07, 6.45) is 2.88. The largest absolute Gasteiger partial charge is 0.488 e. The standard InChI is InChI=1S/C21H22N4O.HI/c1-22-21(25-14-18-12-16-6-2-3-10-19(16)26-18)24-13-17-8-4-7-15-9-5-11-23-20(15)17;/h2-11,18H,12-14H2,1H3,(H2,22,24,25);1H. The molecule has 0 fully saturated rings. The summed E-state index contributed by atoms with van der Waals surface area (Å²) in [6, 6.07) is 18.5. The number of aromatic nitrogens is 1. The van der Waals surface area contributed by atoms with Gasteiger partial charge in [0.1, 0.15) is 11.9 Å². The summed E-state index contributed by atoms with van der Waals surface area (Å²) < 4.78 is 5.97. The van der Waals surface area contributed by atoms with Crippen LogP contribution in [0.25, 0.3) is 10.9 Å². The maximum absolute atomic E-state index is 5.97. The van der Waals surface area contributed by atoms with E-state index < -0.39 is 0 Å². The van der Waals surface area contributed by atoms with Crippen LogP contribution in [0.5, 0.6) is 5.75 Å². The van der Waals surface area contributed by atoms with Gasteiger partial charge in [0.15, 0.2) is 5.96 Å². The van der Waals surface area contributed by atoms with Crippen LogP contribution in [0.1, 0.15) is 11.1 Å². The van der Waals surface area contributed by atoms with Crippen molar-refractivity contribution in [1.29, 1.82) is 0 Å². The maximum atomic E-state index is 5.97. The molecule has 6 heteroatoms. The zero-order chi connectivity index (χ0) is 17.8. The van der Waals surface area contributed by atoms with Gasteiger partial charge in [-0.2, -0.15) is 0 Å². The first-order valence-corrected chi connectivity index (χ1v) is 8.85. The van der Waals surface area contributed by atoms with Crippen molar-refractivity contribution < 1.29 is 4.74 Å². The lowest BCUT2D eigenvalue weighted by molar-refractivity contribution is 0.235. The number of para-hydroxylation sites is 2. The monoisotopic (exact) mass is 474 g/mol. The number of nitrogens with zero attached hydrogens (tertiary/aromatic N) is 2. The molecule has 2 aromatic carbocycles. The minimum atomic E-state index is 0. The number of ether oxygens (including phenoxy) is 1. The molecule has 3 aromatic rings. The Hall–Kier alpha value is -2.35. The molecule has 0 bridgehead atoms. The lowest BCUT2D eigenvalue weighted by Crippen LogP contribution is -2.42. The van der Waals surface area contributed by atoms with Gasteiger partial charge < -0.3 is 15.4 Å². The minimum Gasteiger partial charge on any atom is -0.488 e. The number of nitrogens with one attached hydrogen (secondary N) is 2. The summed E-state index contributed by atoms with van der Waals surface area (Å²) in [5, 5.41) is 7.87. The number of hydrogen-bond donors (Lipinski definition) is 2. The van der Waals surface area contributed by atoms with E-state index in [2.05, 4.69) is 57.0 Å². The van der Waals surface area contributed by atoms with Gasteiger partial charge in [-0.15, -0.1) is 24.0 Å². The molecule has 2 N–H and O–H groups in total. The third kappa shape index (κ3) is 4.50. The summed E-state index contributed by atoms with van der Waals surface area (Å²) in [5.74, 6) is 1.75. The molecule has 5 nitrogen and oxygen atoms in total. The van der Waals surface area contributed by atoms with Crippen LogP contribution in [0.4, 0.5) is 0 Å².